The van der Waals surface area contributed by atoms with E-state index in [0.29, 0.717) is 0 Å². The Morgan fingerprint density at radius 3 is 2.93 bits per heavy atom. The van der Waals surface area contributed by atoms with E-state index in [1.54, 1.807) is 6.20 Å². The molecule has 0 saturated heterocycles. The summed E-state index contributed by atoms with van der Waals surface area (Å²) < 4.78 is 5.30. The van der Waals surface area contributed by atoms with Crippen LogP contribution in [0.1, 0.15) is 12.5 Å². The molecule has 0 saturated carbocycles. The molecule has 15 heavy (non-hydrogen) atoms. The molecule has 0 amide bonds. The fourth-order valence-electron chi connectivity index (χ4n) is 2.12. The van der Waals surface area contributed by atoms with E-state index in [2.05, 4.69) is 42.4 Å². The minimum atomic E-state index is 0.927. The van der Waals surface area contributed by atoms with Crippen molar-refractivity contribution in [3.05, 3.63) is 42.1 Å². The standard InChI is InChI=1S/C13H11NO/c1-2-11-12-6-4-3-5-9(12)7-10-8-14-15-13(10)11/h3-8H,2H2,1H3. The van der Waals surface area contributed by atoms with Gasteiger partial charge in [0, 0.05) is 10.9 Å². The second kappa shape index (κ2) is 3.09. The first kappa shape index (κ1) is 8.48. The molecule has 1 heterocycles. The van der Waals surface area contributed by atoms with Crippen LogP contribution >= 0.6 is 0 Å². The van der Waals surface area contributed by atoms with Crippen molar-refractivity contribution >= 4 is 21.7 Å². The number of aromatic nitrogens is 1. The Morgan fingerprint density at radius 1 is 1.20 bits per heavy atom. The van der Waals surface area contributed by atoms with E-state index < -0.39 is 0 Å². The van der Waals surface area contributed by atoms with Gasteiger partial charge >= 0.3 is 0 Å². The molecule has 0 N–H and O–H groups in total. The van der Waals surface area contributed by atoms with Crippen LogP contribution in [0.25, 0.3) is 21.7 Å². The molecule has 3 rings (SSSR count). The Kier molecular flexibility index (Phi) is 1.75. The van der Waals surface area contributed by atoms with Crippen molar-refractivity contribution in [1.82, 2.24) is 5.16 Å². The van der Waals surface area contributed by atoms with E-state index in [1.165, 1.54) is 16.3 Å². The molecule has 2 nitrogen and oxygen atoms in total. The van der Waals surface area contributed by atoms with Crippen molar-refractivity contribution in [2.45, 2.75) is 13.3 Å². The van der Waals surface area contributed by atoms with Gasteiger partial charge < -0.3 is 4.52 Å². The third-order valence-corrected chi connectivity index (χ3v) is 2.82. The zero-order chi connectivity index (χ0) is 10.3. The Bertz CT molecular complexity index is 625. The molecule has 0 atom stereocenters. The second-order valence-corrected chi connectivity index (χ2v) is 3.67. The summed E-state index contributed by atoms with van der Waals surface area (Å²) in [6, 6.07) is 10.5. The van der Waals surface area contributed by atoms with Crippen LogP contribution in [0.5, 0.6) is 0 Å². The second-order valence-electron chi connectivity index (χ2n) is 3.67. The summed E-state index contributed by atoms with van der Waals surface area (Å²) in [4.78, 5) is 0. The van der Waals surface area contributed by atoms with E-state index in [9.17, 15) is 0 Å². The van der Waals surface area contributed by atoms with Gasteiger partial charge in [-0.25, -0.2) is 0 Å². The molecule has 0 bridgehead atoms. The lowest BCUT2D eigenvalue weighted by Crippen LogP contribution is -1.84. The Balaban J connectivity index is 2.57. The molecule has 2 aromatic carbocycles. The number of nitrogens with zero attached hydrogens (tertiary/aromatic N) is 1. The number of hydrogen-bond donors (Lipinski definition) is 0. The van der Waals surface area contributed by atoms with E-state index in [4.69, 9.17) is 4.52 Å². The Morgan fingerprint density at radius 2 is 2.07 bits per heavy atom. The molecule has 0 aliphatic heterocycles. The van der Waals surface area contributed by atoms with Crippen molar-refractivity contribution in [1.29, 1.82) is 0 Å². The van der Waals surface area contributed by atoms with Crippen LogP contribution in [-0.4, -0.2) is 5.16 Å². The fourth-order valence-corrected chi connectivity index (χ4v) is 2.12. The number of hydrogen-bond acceptors (Lipinski definition) is 2. The highest BCUT2D eigenvalue weighted by atomic mass is 16.5. The maximum Gasteiger partial charge on any atom is 0.170 e. The molecular weight excluding hydrogens is 186 g/mol. The lowest BCUT2D eigenvalue weighted by molar-refractivity contribution is 0.454. The van der Waals surface area contributed by atoms with Crippen molar-refractivity contribution < 1.29 is 4.52 Å². The summed E-state index contributed by atoms with van der Waals surface area (Å²) in [5.74, 6) is 0. The van der Waals surface area contributed by atoms with E-state index in [0.717, 1.165) is 17.4 Å². The summed E-state index contributed by atoms with van der Waals surface area (Å²) >= 11 is 0. The molecule has 0 radical (unpaired) electrons. The molecule has 0 aliphatic rings. The summed E-state index contributed by atoms with van der Waals surface area (Å²) in [5, 5.41) is 7.47. The predicted molar refractivity (Wildman–Crippen MR) is 60.9 cm³/mol. The lowest BCUT2D eigenvalue weighted by Gasteiger charge is -2.03. The predicted octanol–water partition coefficient (Wildman–Crippen LogP) is 3.54. The number of aryl methyl sites for hydroxylation is 1. The summed E-state index contributed by atoms with van der Waals surface area (Å²) in [7, 11) is 0. The fraction of sp³-hybridized carbons (Fsp3) is 0.154. The van der Waals surface area contributed by atoms with E-state index >= 15 is 0 Å². The third-order valence-electron chi connectivity index (χ3n) is 2.82. The van der Waals surface area contributed by atoms with Crippen LogP contribution < -0.4 is 0 Å². The zero-order valence-corrected chi connectivity index (χ0v) is 8.53. The largest absolute Gasteiger partial charge is 0.356 e. The molecule has 3 aromatic rings. The summed E-state index contributed by atoms with van der Waals surface area (Å²) in [6.07, 6.45) is 2.74. The van der Waals surface area contributed by atoms with E-state index in [-0.39, 0.29) is 0 Å². The van der Waals surface area contributed by atoms with Crippen molar-refractivity contribution in [2.75, 3.05) is 0 Å². The average Bonchev–Trinajstić information content (AvgIpc) is 2.73. The van der Waals surface area contributed by atoms with Crippen molar-refractivity contribution in [3.8, 4) is 0 Å². The number of fused-ring (bicyclic) bond motifs is 2. The molecule has 0 spiro atoms. The molecular formula is C13H11NO. The quantitative estimate of drug-likeness (QED) is 0.596. The first-order valence-electron chi connectivity index (χ1n) is 5.15. The minimum Gasteiger partial charge on any atom is -0.356 e. The van der Waals surface area contributed by atoms with Crippen molar-refractivity contribution in [2.24, 2.45) is 0 Å². The monoisotopic (exact) mass is 197 g/mol. The lowest BCUT2D eigenvalue weighted by atomic mass is 10.0. The van der Waals surface area contributed by atoms with Gasteiger partial charge in [-0.3, -0.25) is 0 Å². The Hall–Kier alpha value is -1.83. The molecule has 0 unspecified atom stereocenters. The highest BCUT2D eigenvalue weighted by molar-refractivity contribution is 5.99. The highest BCUT2D eigenvalue weighted by Crippen LogP contribution is 2.28. The number of rotatable bonds is 1. The first-order chi connectivity index (χ1) is 7.40. The topological polar surface area (TPSA) is 26.0 Å². The first-order valence-corrected chi connectivity index (χ1v) is 5.15. The van der Waals surface area contributed by atoms with Gasteiger partial charge in [-0.15, -0.1) is 0 Å². The normalized spacial score (nSPS) is 11.3. The zero-order valence-electron chi connectivity index (χ0n) is 8.53. The molecule has 0 aliphatic carbocycles. The van der Waals surface area contributed by atoms with Gasteiger partial charge in [0.05, 0.1) is 6.20 Å². The SMILES string of the molecule is CCc1c2ccccc2cc2cnoc12. The van der Waals surface area contributed by atoms with Crippen LogP contribution in [0.2, 0.25) is 0 Å². The number of benzene rings is 2. The van der Waals surface area contributed by atoms with E-state index in [1.807, 2.05) is 0 Å². The minimum absolute atomic E-state index is 0.927. The van der Waals surface area contributed by atoms with Crippen LogP contribution in [0.3, 0.4) is 0 Å². The van der Waals surface area contributed by atoms with Crippen LogP contribution in [0.4, 0.5) is 0 Å². The van der Waals surface area contributed by atoms with Gasteiger partial charge in [0.2, 0.25) is 0 Å². The summed E-state index contributed by atoms with van der Waals surface area (Å²) in [6.45, 7) is 2.14. The van der Waals surface area contributed by atoms with Gasteiger partial charge in [-0.05, 0) is 23.3 Å². The molecule has 0 fully saturated rings. The van der Waals surface area contributed by atoms with Crippen LogP contribution in [0, 0.1) is 0 Å². The third kappa shape index (κ3) is 1.14. The molecule has 1 aromatic heterocycles. The average molecular weight is 197 g/mol. The maximum absolute atomic E-state index is 5.30. The van der Waals surface area contributed by atoms with Gasteiger partial charge in [0.15, 0.2) is 5.58 Å². The summed E-state index contributed by atoms with van der Waals surface area (Å²) in [5.41, 5.74) is 2.18. The maximum atomic E-state index is 5.30. The van der Waals surface area contributed by atoms with Gasteiger partial charge in [0.25, 0.3) is 0 Å². The Labute approximate surface area is 87.5 Å². The van der Waals surface area contributed by atoms with Crippen LogP contribution in [-0.2, 0) is 6.42 Å². The van der Waals surface area contributed by atoms with Gasteiger partial charge in [-0.1, -0.05) is 36.3 Å². The smallest absolute Gasteiger partial charge is 0.170 e. The molecule has 74 valence electrons. The van der Waals surface area contributed by atoms with Gasteiger partial charge in [0.1, 0.15) is 0 Å². The highest BCUT2D eigenvalue weighted by Gasteiger charge is 2.08. The van der Waals surface area contributed by atoms with Crippen LogP contribution in [0.15, 0.2) is 41.1 Å². The van der Waals surface area contributed by atoms with Crippen molar-refractivity contribution in [3.63, 3.8) is 0 Å². The van der Waals surface area contributed by atoms with Gasteiger partial charge in [-0.2, -0.15) is 0 Å². The molecule has 2 heteroatoms.